The number of amides is 1. The summed E-state index contributed by atoms with van der Waals surface area (Å²) in [6.07, 6.45) is 3.88. The van der Waals surface area contributed by atoms with Crippen LogP contribution in [0.5, 0.6) is 0 Å². The fourth-order valence-corrected chi connectivity index (χ4v) is 5.17. The largest absolute Gasteiger partial charge is 0.465 e. The number of carbonyl (C=O) groups is 2. The average Bonchev–Trinajstić information content (AvgIpc) is 3.06. The number of esters is 1. The van der Waals surface area contributed by atoms with Gasteiger partial charge in [-0.25, -0.2) is 4.79 Å². The Balaban J connectivity index is 1.99. The van der Waals surface area contributed by atoms with E-state index in [1.807, 2.05) is 0 Å². The van der Waals surface area contributed by atoms with Crippen molar-refractivity contribution in [3.05, 3.63) is 24.8 Å². The first-order valence-corrected chi connectivity index (χ1v) is 9.47. The number of thiophene rings is 1. The van der Waals surface area contributed by atoms with E-state index in [1.54, 1.807) is 11.6 Å². The van der Waals surface area contributed by atoms with Gasteiger partial charge in [0.05, 0.1) is 12.7 Å². The molecule has 128 valence electrons. The number of ether oxygens (including phenoxy) is 1. The van der Waals surface area contributed by atoms with Crippen LogP contribution in [0.25, 0.3) is 0 Å². The third-order valence-corrected chi connectivity index (χ3v) is 6.83. The highest BCUT2D eigenvalue weighted by Crippen LogP contribution is 2.39. The minimum Gasteiger partial charge on any atom is -0.465 e. The van der Waals surface area contributed by atoms with Crippen LogP contribution in [0.2, 0.25) is 0 Å². The molecule has 2 aromatic rings. The summed E-state index contributed by atoms with van der Waals surface area (Å²) in [4.78, 5) is 26.3. The molecule has 1 aliphatic rings. The number of hydrogen-bond donors (Lipinski definition) is 2. The molecule has 0 atom stereocenters. The number of aromatic nitrogens is 1. The van der Waals surface area contributed by atoms with Gasteiger partial charge in [-0.05, 0) is 43.5 Å². The van der Waals surface area contributed by atoms with Crippen molar-refractivity contribution in [2.24, 2.45) is 7.05 Å². The van der Waals surface area contributed by atoms with Crippen molar-refractivity contribution >= 4 is 57.6 Å². The Kier molecular flexibility index (Phi) is 4.75. The second-order valence-electron chi connectivity index (χ2n) is 5.50. The minimum absolute atomic E-state index is 0.323. The van der Waals surface area contributed by atoms with E-state index >= 15 is 0 Å². The fraction of sp³-hybridized carbons (Fsp3) is 0.400. The summed E-state index contributed by atoms with van der Waals surface area (Å²) in [6, 6.07) is 0. The number of hydrogen-bond acceptors (Lipinski definition) is 7. The summed E-state index contributed by atoms with van der Waals surface area (Å²) in [5, 5.41) is 3.36. The Morgan fingerprint density at radius 1 is 1.29 bits per heavy atom. The van der Waals surface area contributed by atoms with Gasteiger partial charge in [-0.2, -0.15) is 0 Å². The second-order valence-corrected chi connectivity index (χ2v) is 8.25. The molecule has 0 saturated heterocycles. The maximum atomic E-state index is 12.6. The van der Waals surface area contributed by atoms with Gasteiger partial charge in [0.1, 0.15) is 15.7 Å². The third kappa shape index (κ3) is 2.87. The van der Waals surface area contributed by atoms with Crippen molar-refractivity contribution in [2.45, 2.75) is 25.7 Å². The molecule has 0 aromatic carbocycles. The molecule has 3 rings (SSSR count). The number of aryl methyl sites for hydroxylation is 1. The first-order valence-electron chi connectivity index (χ1n) is 7.43. The molecule has 3 N–H and O–H groups in total. The normalized spacial score (nSPS) is 13.4. The van der Waals surface area contributed by atoms with E-state index in [0.29, 0.717) is 25.2 Å². The number of nitrogens with one attached hydrogen (secondary N) is 1. The molecule has 1 aliphatic carbocycles. The van der Waals surface area contributed by atoms with Gasteiger partial charge in [-0.3, -0.25) is 4.79 Å². The van der Waals surface area contributed by atoms with E-state index in [1.165, 1.54) is 18.4 Å². The van der Waals surface area contributed by atoms with Crippen molar-refractivity contribution < 1.29 is 14.3 Å². The summed E-state index contributed by atoms with van der Waals surface area (Å²) >= 11 is 7.75. The Hall–Kier alpha value is -1.71. The smallest absolute Gasteiger partial charge is 0.341 e. The quantitative estimate of drug-likeness (QED) is 0.627. The topological polar surface area (TPSA) is 86.3 Å². The molecular weight excluding hydrogens is 366 g/mol. The van der Waals surface area contributed by atoms with Crippen LogP contribution in [0, 0.1) is 3.95 Å². The number of rotatable bonds is 3. The number of thiazole rings is 1. The molecule has 0 saturated carbocycles. The van der Waals surface area contributed by atoms with Gasteiger partial charge in [0, 0.05) is 11.9 Å². The second kappa shape index (κ2) is 6.66. The predicted octanol–water partition coefficient (Wildman–Crippen LogP) is 3.38. The molecule has 1 amide bonds. The lowest BCUT2D eigenvalue weighted by molar-refractivity contribution is 0.0601. The molecular formula is C15H17N3O3S3. The number of fused-ring (bicyclic) bond motifs is 1. The fourth-order valence-electron chi connectivity index (χ4n) is 2.75. The van der Waals surface area contributed by atoms with Crippen LogP contribution < -0.4 is 11.1 Å². The predicted molar refractivity (Wildman–Crippen MR) is 98.8 cm³/mol. The summed E-state index contributed by atoms with van der Waals surface area (Å²) < 4.78 is 7.03. The van der Waals surface area contributed by atoms with E-state index in [4.69, 9.17) is 22.7 Å². The number of nitrogens with zero attached hydrogens (tertiary/aromatic N) is 1. The van der Waals surface area contributed by atoms with E-state index < -0.39 is 5.97 Å². The van der Waals surface area contributed by atoms with Gasteiger partial charge in [0.15, 0.2) is 3.95 Å². The Labute approximate surface area is 152 Å². The number of nitrogens with two attached hydrogens (primary N) is 1. The van der Waals surface area contributed by atoms with Gasteiger partial charge < -0.3 is 20.4 Å². The zero-order valence-electron chi connectivity index (χ0n) is 13.3. The van der Waals surface area contributed by atoms with E-state index in [2.05, 4.69) is 5.32 Å². The van der Waals surface area contributed by atoms with Crippen molar-refractivity contribution in [2.75, 3.05) is 18.2 Å². The van der Waals surface area contributed by atoms with Crippen molar-refractivity contribution in [1.82, 2.24) is 4.57 Å². The van der Waals surface area contributed by atoms with Gasteiger partial charge in [0.25, 0.3) is 5.91 Å². The molecule has 6 nitrogen and oxygen atoms in total. The van der Waals surface area contributed by atoms with Crippen molar-refractivity contribution in [3.8, 4) is 0 Å². The van der Waals surface area contributed by atoms with Gasteiger partial charge in [-0.1, -0.05) is 11.3 Å². The van der Waals surface area contributed by atoms with Crippen molar-refractivity contribution in [3.63, 3.8) is 0 Å². The van der Waals surface area contributed by atoms with Crippen molar-refractivity contribution in [1.29, 1.82) is 0 Å². The highest BCUT2D eigenvalue weighted by Gasteiger charge is 2.28. The molecule has 0 spiro atoms. The standard InChI is InChI=1S/C15H17N3O3S3/c1-18-11(16)10(24-15(18)22)12(19)17-13-9(14(20)21-2)7-5-3-4-6-8(7)23-13/h3-6,16H2,1-2H3,(H,17,19). The molecule has 2 heterocycles. The van der Waals surface area contributed by atoms with Crippen LogP contribution in [0.4, 0.5) is 10.8 Å². The maximum absolute atomic E-state index is 12.6. The summed E-state index contributed by atoms with van der Waals surface area (Å²) in [5.41, 5.74) is 7.41. The van der Waals surface area contributed by atoms with E-state index in [-0.39, 0.29) is 5.91 Å². The minimum atomic E-state index is -0.418. The molecule has 0 bridgehead atoms. The third-order valence-electron chi connectivity index (χ3n) is 4.05. The van der Waals surface area contributed by atoms with Crippen LogP contribution in [0.3, 0.4) is 0 Å². The Morgan fingerprint density at radius 2 is 2.00 bits per heavy atom. The van der Waals surface area contributed by atoms with Gasteiger partial charge in [-0.15, -0.1) is 11.3 Å². The van der Waals surface area contributed by atoms with E-state index in [0.717, 1.165) is 47.5 Å². The number of anilines is 2. The van der Waals surface area contributed by atoms with Crippen LogP contribution in [-0.2, 0) is 24.6 Å². The first-order chi connectivity index (χ1) is 11.4. The Bertz CT molecular complexity index is 879. The SMILES string of the molecule is COC(=O)c1c(NC(=O)c2sc(=S)n(C)c2N)sc2c1CCCC2. The Morgan fingerprint density at radius 3 is 2.62 bits per heavy atom. The summed E-state index contributed by atoms with van der Waals surface area (Å²) in [5.74, 6) is -0.449. The number of carbonyl (C=O) groups excluding carboxylic acids is 2. The number of methoxy groups -OCH3 is 1. The molecule has 0 aliphatic heterocycles. The van der Waals surface area contributed by atoms with Crippen LogP contribution in [0.1, 0.15) is 43.3 Å². The molecule has 9 heteroatoms. The molecule has 0 radical (unpaired) electrons. The highest BCUT2D eigenvalue weighted by molar-refractivity contribution is 7.73. The molecule has 0 unspecified atom stereocenters. The maximum Gasteiger partial charge on any atom is 0.341 e. The van der Waals surface area contributed by atoms with E-state index in [9.17, 15) is 9.59 Å². The molecule has 24 heavy (non-hydrogen) atoms. The zero-order valence-corrected chi connectivity index (χ0v) is 15.8. The lowest BCUT2D eigenvalue weighted by Gasteiger charge is -2.11. The molecule has 2 aromatic heterocycles. The first kappa shape index (κ1) is 17.1. The monoisotopic (exact) mass is 383 g/mol. The van der Waals surface area contributed by atoms with Crippen LogP contribution in [-0.4, -0.2) is 23.6 Å². The average molecular weight is 384 g/mol. The summed E-state index contributed by atoms with van der Waals surface area (Å²) in [7, 11) is 3.07. The zero-order chi connectivity index (χ0) is 17.4. The summed E-state index contributed by atoms with van der Waals surface area (Å²) in [6.45, 7) is 0. The highest BCUT2D eigenvalue weighted by atomic mass is 32.1. The van der Waals surface area contributed by atoms with Crippen LogP contribution >= 0.6 is 34.9 Å². The van der Waals surface area contributed by atoms with Gasteiger partial charge >= 0.3 is 5.97 Å². The lowest BCUT2D eigenvalue weighted by atomic mass is 9.95. The van der Waals surface area contributed by atoms with Crippen LogP contribution in [0.15, 0.2) is 0 Å². The molecule has 0 fully saturated rings. The lowest BCUT2D eigenvalue weighted by Crippen LogP contribution is -2.15. The van der Waals surface area contributed by atoms with Gasteiger partial charge in [0.2, 0.25) is 0 Å². The number of nitrogen functional groups attached to an aromatic ring is 1.